The van der Waals surface area contributed by atoms with Gasteiger partial charge in [-0.2, -0.15) is 13.2 Å². The minimum absolute atomic E-state index is 0.00852. The molecule has 25 heavy (non-hydrogen) atoms. The molecule has 0 aromatic heterocycles. The van der Waals surface area contributed by atoms with Crippen LogP contribution in [0.5, 0.6) is 5.75 Å². The van der Waals surface area contributed by atoms with Crippen molar-refractivity contribution in [1.29, 1.82) is 0 Å². The van der Waals surface area contributed by atoms with Crippen LogP contribution in [0.2, 0.25) is 0 Å². The van der Waals surface area contributed by atoms with Gasteiger partial charge >= 0.3 is 6.18 Å². The molecule has 1 fully saturated rings. The van der Waals surface area contributed by atoms with Gasteiger partial charge in [0.15, 0.2) is 5.96 Å². The number of rotatable bonds is 4. The summed E-state index contributed by atoms with van der Waals surface area (Å²) in [6, 6.07) is 5.73. The third kappa shape index (κ3) is 5.80. The van der Waals surface area contributed by atoms with E-state index in [1.165, 1.54) is 0 Å². The molecule has 1 saturated carbocycles. The Balaban J connectivity index is 1.87. The maximum atomic E-state index is 12.7. The number of nitrogens with zero attached hydrogens (tertiary/aromatic N) is 1. The standard InChI is InChI=1S/C17H23BrF3N3O/c1-22-16(23-10-11-9-13(18)5-8-15(11)25-2)24-14-6-3-12(4-7-14)17(19,20)21/h5,8-9,12,14H,3-4,6-7,10H2,1-2H3,(H2,22,23,24). The number of alkyl halides is 3. The van der Waals surface area contributed by atoms with Gasteiger partial charge in [-0.3, -0.25) is 4.99 Å². The Hall–Kier alpha value is -1.44. The van der Waals surface area contributed by atoms with Gasteiger partial charge in [-0.1, -0.05) is 15.9 Å². The summed E-state index contributed by atoms with van der Waals surface area (Å²) in [5.74, 6) is 0.167. The second-order valence-electron chi connectivity index (χ2n) is 6.12. The molecule has 0 aliphatic heterocycles. The summed E-state index contributed by atoms with van der Waals surface area (Å²) in [7, 11) is 3.26. The Kier molecular flexibility index (Phi) is 6.98. The lowest BCUT2D eigenvalue weighted by atomic mass is 9.85. The molecule has 0 atom stereocenters. The van der Waals surface area contributed by atoms with Crippen LogP contribution in [0.4, 0.5) is 13.2 Å². The molecule has 0 saturated heterocycles. The summed E-state index contributed by atoms with van der Waals surface area (Å²) < 4.78 is 44.5. The molecule has 140 valence electrons. The van der Waals surface area contributed by atoms with Gasteiger partial charge in [0.05, 0.1) is 13.0 Å². The topological polar surface area (TPSA) is 45.7 Å². The molecule has 1 aromatic carbocycles. The first-order valence-corrected chi connectivity index (χ1v) is 8.99. The van der Waals surface area contributed by atoms with E-state index in [4.69, 9.17) is 4.74 Å². The Morgan fingerprint density at radius 3 is 2.52 bits per heavy atom. The average Bonchev–Trinajstić information content (AvgIpc) is 2.58. The van der Waals surface area contributed by atoms with Crippen LogP contribution in [0.25, 0.3) is 0 Å². The van der Waals surface area contributed by atoms with E-state index in [0.717, 1.165) is 15.8 Å². The van der Waals surface area contributed by atoms with Gasteiger partial charge in [0.1, 0.15) is 5.75 Å². The molecular weight excluding hydrogens is 399 g/mol. The first kappa shape index (κ1) is 19.9. The number of hydrogen-bond acceptors (Lipinski definition) is 2. The fourth-order valence-electron chi connectivity index (χ4n) is 3.02. The van der Waals surface area contributed by atoms with Crippen molar-refractivity contribution in [2.24, 2.45) is 10.9 Å². The zero-order valence-electron chi connectivity index (χ0n) is 14.3. The summed E-state index contributed by atoms with van der Waals surface area (Å²) >= 11 is 3.43. The van der Waals surface area contributed by atoms with Gasteiger partial charge in [0, 0.05) is 29.7 Å². The van der Waals surface area contributed by atoms with Crippen molar-refractivity contribution in [2.75, 3.05) is 14.2 Å². The molecule has 1 aliphatic rings. The van der Waals surface area contributed by atoms with E-state index < -0.39 is 12.1 Å². The molecule has 4 nitrogen and oxygen atoms in total. The first-order valence-electron chi connectivity index (χ1n) is 8.19. The average molecular weight is 422 g/mol. The summed E-state index contributed by atoms with van der Waals surface area (Å²) in [5, 5.41) is 6.41. The van der Waals surface area contributed by atoms with Gasteiger partial charge in [0.25, 0.3) is 0 Å². The highest BCUT2D eigenvalue weighted by Gasteiger charge is 2.41. The lowest BCUT2D eigenvalue weighted by molar-refractivity contribution is -0.182. The van der Waals surface area contributed by atoms with Crippen molar-refractivity contribution in [3.63, 3.8) is 0 Å². The second-order valence-corrected chi connectivity index (χ2v) is 7.03. The zero-order valence-corrected chi connectivity index (χ0v) is 15.9. The molecule has 2 N–H and O–H groups in total. The van der Waals surface area contributed by atoms with Crippen LogP contribution in [-0.4, -0.2) is 32.3 Å². The minimum atomic E-state index is -4.08. The van der Waals surface area contributed by atoms with Crippen molar-refractivity contribution < 1.29 is 17.9 Å². The van der Waals surface area contributed by atoms with E-state index in [9.17, 15) is 13.2 Å². The van der Waals surface area contributed by atoms with E-state index >= 15 is 0 Å². The molecule has 0 unspecified atom stereocenters. The van der Waals surface area contributed by atoms with Crippen LogP contribution in [0, 0.1) is 5.92 Å². The summed E-state index contributed by atoms with van der Waals surface area (Å²) in [6.07, 6.45) is -2.77. The van der Waals surface area contributed by atoms with E-state index in [1.54, 1.807) is 14.2 Å². The molecule has 8 heteroatoms. The van der Waals surface area contributed by atoms with E-state index in [-0.39, 0.29) is 18.9 Å². The van der Waals surface area contributed by atoms with Gasteiger partial charge < -0.3 is 15.4 Å². The summed E-state index contributed by atoms with van der Waals surface area (Å²) in [4.78, 5) is 4.16. The highest BCUT2D eigenvalue weighted by Crippen LogP contribution is 2.37. The van der Waals surface area contributed by atoms with Gasteiger partial charge in [-0.05, 0) is 43.9 Å². The van der Waals surface area contributed by atoms with E-state index in [2.05, 4.69) is 31.6 Å². The number of aliphatic imine (C=N–C) groups is 1. The molecule has 0 bridgehead atoms. The van der Waals surface area contributed by atoms with E-state index in [0.29, 0.717) is 25.3 Å². The number of hydrogen-bond donors (Lipinski definition) is 2. The number of ether oxygens (including phenoxy) is 1. The van der Waals surface area contributed by atoms with Gasteiger partial charge in [-0.15, -0.1) is 0 Å². The van der Waals surface area contributed by atoms with Crippen molar-refractivity contribution >= 4 is 21.9 Å². The second kappa shape index (κ2) is 8.78. The number of guanidine groups is 1. The third-order valence-electron chi connectivity index (χ3n) is 4.44. The van der Waals surface area contributed by atoms with Crippen molar-refractivity contribution in [1.82, 2.24) is 10.6 Å². The predicted octanol–water partition coefficient (Wildman–Crippen LogP) is 4.24. The van der Waals surface area contributed by atoms with Crippen molar-refractivity contribution in [3.05, 3.63) is 28.2 Å². The maximum Gasteiger partial charge on any atom is 0.391 e. The maximum absolute atomic E-state index is 12.7. The first-order chi connectivity index (χ1) is 11.8. The molecule has 0 amide bonds. The van der Waals surface area contributed by atoms with E-state index in [1.807, 2.05) is 18.2 Å². The molecule has 2 rings (SSSR count). The number of nitrogens with one attached hydrogen (secondary N) is 2. The molecule has 0 radical (unpaired) electrons. The largest absolute Gasteiger partial charge is 0.496 e. The third-order valence-corrected chi connectivity index (χ3v) is 4.94. The molecule has 1 aliphatic carbocycles. The Bertz CT molecular complexity index is 599. The van der Waals surface area contributed by atoms with Crippen LogP contribution in [0.3, 0.4) is 0 Å². The molecule has 1 aromatic rings. The zero-order chi connectivity index (χ0) is 18.4. The number of benzene rings is 1. The highest BCUT2D eigenvalue weighted by molar-refractivity contribution is 9.10. The lowest BCUT2D eigenvalue weighted by Crippen LogP contribution is -2.45. The van der Waals surface area contributed by atoms with Crippen LogP contribution >= 0.6 is 15.9 Å². The van der Waals surface area contributed by atoms with Crippen LogP contribution in [0.1, 0.15) is 31.2 Å². The smallest absolute Gasteiger partial charge is 0.391 e. The normalized spacial score (nSPS) is 21.8. The monoisotopic (exact) mass is 421 g/mol. The lowest BCUT2D eigenvalue weighted by Gasteiger charge is -2.31. The number of halogens is 4. The van der Waals surface area contributed by atoms with Crippen LogP contribution < -0.4 is 15.4 Å². The molecule has 0 heterocycles. The van der Waals surface area contributed by atoms with Crippen molar-refractivity contribution in [3.8, 4) is 5.75 Å². The minimum Gasteiger partial charge on any atom is -0.496 e. The Morgan fingerprint density at radius 1 is 1.28 bits per heavy atom. The number of methoxy groups -OCH3 is 1. The fraction of sp³-hybridized carbons (Fsp3) is 0.588. The Morgan fingerprint density at radius 2 is 1.96 bits per heavy atom. The summed E-state index contributed by atoms with van der Waals surface area (Å²) in [5.41, 5.74) is 0.959. The predicted molar refractivity (Wildman–Crippen MR) is 95.8 cm³/mol. The quantitative estimate of drug-likeness (QED) is 0.564. The van der Waals surface area contributed by atoms with Crippen LogP contribution in [0.15, 0.2) is 27.7 Å². The van der Waals surface area contributed by atoms with Gasteiger partial charge in [-0.25, -0.2) is 0 Å². The highest BCUT2D eigenvalue weighted by atomic mass is 79.9. The van der Waals surface area contributed by atoms with Crippen molar-refractivity contribution in [2.45, 2.75) is 44.4 Å². The molecular formula is C17H23BrF3N3O. The van der Waals surface area contributed by atoms with Gasteiger partial charge in [0.2, 0.25) is 0 Å². The fourth-order valence-corrected chi connectivity index (χ4v) is 3.43. The summed E-state index contributed by atoms with van der Waals surface area (Å²) in [6.45, 7) is 0.500. The SMILES string of the molecule is CN=C(NCc1cc(Br)ccc1OC)NC1CCC(C(F)(F)F)CC1. The van der Waals surface area contributed by atoms with Crippen LogP contribution in [-0.2, 0) is 6.54 Å². The molecule has 0 spiro atoms. The Labute approximate surface area is 154 Å².